The molecule has 6 aromatic rings. The summed E-state index contributed by atoms with van der Waals surface area (Å²) in [6, 6.07) is 45.1. The van der Waals surface area contributed by atoms with Crippen LogP contribution in [0.2, 0.25) is 5.02 Å². The van der Waals surface area contributed by atoms with E-state index in [4.69, 9.17) is 40.6 Å². The van der Waals surface area contributed by atoms with Crippen LogP contribution in [0.4, 0.5) is 0 Å². The summed E-state index contributed by atoms with van der Waals surface area (Å²) in [5, 5.41) is 18.2. The lowest BCUT2D eigenvalue weighted by Gasteiger charge is -2.23. The number of hydrogen-bond acceptors (Lipinski definition) is 6. The second-order valence-electron chi connectivity index (χ2n) is 15.8. The summed E-state index contributed by atoms with van der Waals surface area (Å²) in [7, 11) is 5.28. The van der Waals surface area contributed by atoms with Gasteiger partial charge in [-0.25, -0.2) is 0 Å². The Labute approximate surface area is 373 Å². The van der Waals surface area contributed by atoms with Crippen LogP contribution in [0.25, 0.3) is 22.3 Å². The zero-order valence-electron chi connectivity index (χ0n) is 36.7. The molecule has 0 saturated carbocycles. The second-order valence-corrected chi connectivity index (χ2v) is 16.2. The van der Waals surface area contributed by atoms with E-state index in [1.807, 2.05) is 18.2 Å². The number of aryl methyl sites for hydroxylation is 2. The minimum absolute atomic E-state index is 0.464. The summed E-state index contributed by atoms with van der Waals surface area (Å²) in [5.41, 5.74) is 13.8. The number of rotatable bonds is 10. The molecule has 0 radical (unpaired) electrons. The molecule has 2 aliphatic rings. The van der Waals surface area contributed by atoms with Crippen molar-refractivity contribution in [1.29, 1.82) is 0 Å². The normalized spacial score (nSPS) is 15.6. The van der Waals surface area contributed by atoms with Crippen LogP contribution in [-0.2, 0) is 0 Å². The number of benzene rings is 6. The van der Waals surface area contributed by atoms with Gasteiger partial charge >= 0.3 is 7.12 Å². The van der Waals surface area contributed by atoms with Gasteiger partial charge in [0.05, 0.1) is 28.4 Å². The lowest BCUT2D eigenvalue weighted by molar-refractivity contribution is 0.414. The van der Waals surface area contributed by atoms with Crippen molar-refractivity contribution >= 4 is 35.3 Å². The third kappa shape index (κ3) is 12.2. The molecule has 0 aliphatic heterocycles. The maximum atomic E-state index is 8.70. The first kappa shape index (κ1) is 45.8. The predicted molar refractivity (Wildman–Crippen MR) is 257 cm³/mol. The molecule has 0 fully saturated rings. The third-order valence-electron chi connectivity index (χ3n) is 11.9. The van der Waals surface area contributed by atoms with E-state index in [0.29, 0.717) is 23.0 Å². The van der Waals surface area contributed by atoms with Gasteiger partial charge < -0.3 is 29.0 Å². The highest BCUT2D eigenvalue weighted by atomic mass is 35.5. The van der Waals surface area contributed by atoms with Gasteiger partial charge in [-0.15, -0.1) is 0 Å². The van der Waals surface area contributed by atoms with E-state index in [0.717, 1.165) is 53.5 Å². The van der Waals surface area contributed by atoms with Gasteiger partial charge in [0, 0.05) is 5.02 Å². The smallest absolute Gasteiger partial charge is 0.488 e. The van der Waals surface area contributed by atoms with Crippen LogP contribution in [0.15, 0.2) is 146 Å². The van der Waals surface area contributed by atoms with Gasteiger partial charge in [0.2, 0.25) is 0 Å². The largest absolute Gasteiger partial charge is 0.497 e. The van der Waals surface area contributed by atoms with Gasteiger partial charge in [0.1, 0.15) is 23.0 Å². The Morgan fingerprint density at radius 3 is 1.24 bits per heavy atom. The van der Waals surface area contributed by atoms with E-state index in [1.165, 1.54) is 62.9 Å². The van der Waals surface area contributed by atoms with Crippen molar-refractivity contribution < 1.29 is 29.0 Å². The monoisotopic (exact) mass is 848 g/mol. The molecule has 8 rings (SSSR count). The number of halogens is 1. The van der Waals surface area contributed by atoms with Crippen LogP contribution in [0.1, 0.15) is 83.7 Å². The van der Waals surface area contributed by atoms with Crippen LogP contribution in [-0.4, -0.2) is 45.6 Å². The highest BCUT2D eigenvalue weighted by molar-refractivity contribution is 6.58. The standard InChI is InChI=1S/C27H28O2.C20H21ClO.C7H9BO3/c1-19-18-24(12-17-27(19)23-10-15-26(29-3)16-11-23)22-6-4-20(5-7-22)21-8-13-25(28-2)14-9-21;1-14-13-18(9-12-20(14)21)17-5-3-15(4-6-17)16-7-10-19(22-2)11-8-16;1-11-7-4-2-6(3-5-7)8(9)10/h6,8-18,20H,4-5,7H2,1-3H3;5,7-13,15H,3-4,6H2,1-2H3;2-5,9-10H,1H3. The average Bonchev–Trinajstić information content (AvgIpc) is 3.33. The van der Waals surface area contributed by atoms with Crippen LogP contribution < -0.4 is 24.4 Å². The number of hydrogen-bond donors (Lipinski definition) is 2. The van der Waals surface area contributed by atoms with Gasteiger partial charge in [-0.2, -0.15) is 0 Å². The second kappa shape index (κ2) is 22.4. The lowest BCUT2D eigenvalue weighted by Crippen LogP contribution is -2.29. The average molecular weight is 849 g/mol. The molecule has 2 aliphatic carbocycles. The summed E-state index contributed by atoms with van der Waals surface area (Å²) in [4.78, 5) is 0. The summed E-state index contributed by atoms with van der Waals surface area (Å²) in [6.07, 6.45) is 11.7. The van der Waals surface area contributed by atoms with Crippen molar-refractivity contribution in [3.8, 4) is 34.1 Å². The maximum absolute atomic E-state index is 8.70. The first-order valence-electron chi connectivity index (χ1n) is 21.3. The molecule has 0 bridgehead atoms. The van der Waals surface area contributed by atoms with Crippen molar-refractivity contribution in [2.75, 3.05) is 28.4 Å². The summed E-state index contributed by atoms with van der Waals surface area (Å²) in [5.74, 6) is 4.66. The molecule has 0 spiro atoms. The number of allylic oxidation sites excluding steroid dienone is 4. The van der Waals surface area contributed by atoms with Gasteiger partial charge in [-0.05, 0) is 180 Å². The summed E-state index contributed by atoms with van der Waals surface area (Å²) >= 11 is 6.12. The van der Waals surface area contributed by atoms with Crippen molar-refractivity contribution in [3.63, 3.8) is 0 Å². The van der Waals surface area contributed by atoms with E-state index < -0.39 is 7.12 Å². The van der Waals surface area contributed by atoms with Crippen molar-refractivity contribution in [2.24, 2.45) is 0 Å². The molecule has 0 heterocycles. The molecule has 0 saturated heterocycles. The molecule has 2 N–H and O–H groups in total. The molecule has 62 heavy (non-hydrogen) atoms. The molecular weight excluding hydrogens is 791 g/mol. The molecule has 6 aromatic carbocycles. The quantitative estimate of drug-likeness (QED) is 0.134. The van der Waals surface area contributed by atoms with E-state index in [2.05, 4.69) is 117 Å². The minimum Gasteiger partial charge on any atom is -0.497 e. The minimum atomic E-state index is -1.40. The van der Waals surface area contributed by atoms with Gasteiger partial charge in [0.25, 0.3) is 0 Å². The van der Waals surface area contributed by atoms with Crippen LogP contribution >= 0.6 is 11.6 Å². The highest BCUT2D eigenvalue weighted by Gasteiger charge is 2.19. The van der Waals surface area contributed by atoms with E-state index in [-0.39, 0.29) is 0 Å². The highest BCUT2D eigenvalue weighted by Crippen LogP contribution is 2.39. The van der Waals surface area contributed by atoms with Crippen LogP contribution in [0.5, 0.6) is 23.0 Å². The van der Waals surface area contributed by atoms with Crippen LogP contribution in [0.3, 0.4) is 0 Å². The van der Waals surface area contributed by atoms with Gasteiger partial charge in [0.15, 0.2) is 0 Å². The van der Waals surface area contributed by atoms with Crippen molar-refractivity contribution in [2.45, 2.75) is 64.2 Å². The van der Waals surface area contributed by atoms with E-state index >= 15 is 0 Å². The zero-order chi connectivity index (χ0) is 44.0. The van der Waals surface area contributed by atoms with Crippen molar-refractivity contribution in [1.82, 2.24) is 0 Å². The Bertz CT molecular complexity index is 2410. The topological polar surface area (TPSA) is 77.4 Å². The van der Waals surface area contributed by atoms with E-state index in [9.17, 15) is 0 Å². The SMILES string of the molecule is COc1ccc(-c2ccc(C3=CCC(c4ccc(OC)cc4)CC3)cc2C)cc1.COc1ccc(B(O)O)cc1.COc1ccc(C2CC=C(c3ccc(Cl)c(C)c3)CC2)cc1. The van der Waals surface area contributed by atoms with E-state index in [1.54, 1.807) is 52.7 Å². The fraction of sp³-hybridized carbons (Fsp3) is 0.259. The third-order valence-corrected chi connectivity index (χ3v) is 12.4. The molecular formula is C54H58BClO6. The van der Waals surface area contributed by atoms with Crippen molar-refractivity contribution in [3.05, 3.63) is 184 Å². The van der Waals surface area contributed by atoms with Crippen LogP contribution in [0, 0.1) is 13.8 Å². The molecule has 2 unspecified atom stereocenters. The maximum Gasteiger partial charge on any atom is 0.488 e. The summed E-state index contributed by atoms with van der Waals surface area (Å²) in [6.45, 7) is 4.27. The fourth-order valence-electron chi connectivity index (χ4n) is 8.13. The lowest BCUT2D eigenvalue weighted by atomic mass is 9.80. The van der Waals surface area contributed by atoms with Gasteiger partial charge in [-0.3, -0.25) is 0 Å². The first-order chi connectivity index (χ1) is 30.1. The Morgan fingerprint density at radius 2 is 0.871 bits per heavy atom. The first-order valence-corrected chi connectivity index (χ1v) is 21.6. The number of ether oxygens (including phenoxy) is 4. The summed E-state index contributed by atoms with van der Waals surface area (Å²) < 4.78 is 20.7. The molecule has 0 amide bonds. The Morgan fingerprint density at radius 1 is 0.484 bits per heavy atom. The Balaban J connectivity index is 0.000000171. The molecule has 0 aromatic heterocycles. The molecule has 6 nitrogen and oxygen atoms in total. The Kier molecular flexibility index (Phi) is 16.5. The number of methoxy groups -OCH3 is 4. The Hall–Kier alpha value is -5.73. The molecule has 320 valence electrons. The predicted octanol–water partition coefficient (Wildman–Crippen LogP) is 12.4. The molecule has 2 atom stereocenters. The zero-order valence-corrected chi connectivity index (χ0v) is 37.5. The fourth-order valence-corrected chi connectivity index (χ4v) is 8.25. The molecule has 8 heteroatoms. The van der Waals surface area contributed by atoms with Gasteiger partial charge in [-0.1, -0.05) is 103 Å².